The first-order valence-corrected chi connectivity index (χ1v) is 4.63. The molecular weight excluding hydrogens is 168 g/mol. The Morgan fingerprint density at radius 3 is 2.40 bits per heavy atom. The van der Waals surface area contributed by atoms with Crippen LogP contribution >= 0.6 is 23.4 Å². The van der Waals surface area contributed by atoms with Crippen LogP contribution in [0.5, 0.6) is 0 Å². The highest BCUT2D eigenvalue weighted by molar-refractivity contribution is 8.03. The van der Waals surface area contributed by atoms with E-state index in [-0.39, 0.29) is 11.7 Å². The van der Waals surface area contributed by atoms with E-state index >= 15 is 0 Å². The fourth-order valence-corrected chi connectivity index (χ4v) is 0.679. The molecule has 0 aromatic rings. The molecule has 10 heavy (non-hydrogen) atoms. The van der Waals surface area contributed by atoms with Crippen LogP contribution in [0.15, 0.2) is 10.4 Å². The first-order valence-electron chi connectivity index (χ1n) is 3.03. The van der Waals surface area contributed by atoms with Crippen LogP contribution in [0, 0.1) is 5.92 Å². The lowest BCUT2D eigenvalue weighted by atomic mass is 10.1. The standard InChI is InChI=1S/C7H11ClOS/c1-5(2)6(9)4-7(8)10-3/h4-5H,1-3H3/b7-4-. The molecule has 0 saturated carbocycles. The van der Waals surface area contributed by atoms with Gasteiger partial charge in [0.25, 0.3) is 0 Å². The van der Waals surface area contributed by atoms with E-state index in [1.807, 2.05) is 20.1 Å². The van der Waals surface area contributed by atoms with E-state index in [0.29, 0.717) is 4.36 Å². The summed E-state index contributed by atoms with van der Waals surface area (Å²) in [6.07, 6.45) is 3.31. The fourth-order valence-electron chi connectivity index (χ4n) is 0.337. The number of hydrogen-bond acceptors (Lipinski definition) is 2. The van der Waals surface area contributed by atoms with Crippen LogP contribution in [0.25, 0.3) is 0 Å². The van der Waals surface area contributed by atoms with Crippen LogP contribution < -0.4 is 0 Å². The molecule has 3 heteroatoms. The fraction of sp³-hybridized carbons (Fsp3) is 0.571. The van der Waals surface area contributed by atoms with Crippen LogP contribution in [0.2, 0.25) is 0 Å². The summed E-state index contributed by atoms with van der Waals surface area (Å²) in [6, 6.07) is 0. The molecule has 0 atom stereocenters. The summed E-state index contributed by atoms with van der Waals surface area (Å²) < 4.78 is 0.554. The Hall–Kier alpha value is 0.0500. The molecule has 0 spiro atoms. The Labute approximate surface area is 70.8 Å². The van der Waals surface area contributed by atoms with Crippen LogP contribution in [0.3, 0.4) is 0 Å². The first-order chi connectivity index (χ1) is 4.57. The second kappa shape index (κ2) is 4.80. The van der Waals surface area contributed by atoms with Crippen molar-refractivity contribution in [3.63, 3.8) is 0 Å². The number of carbonyl (C=O) groups is 1. The van der Waals surface area contributed by atoms with Crippen molar-refractivity contribution in [1.29, 1.82) is 0 Å². The average molecular weight is 179 g/mol. The third-order valence-electron chi connectivity index (χ3n) is 1.02. The smallest absolute Gasteiger partial charge is 0.160 e. The summed E-state index contributed by atoms with van der Waals surface area (Å²) in [5.74, 6) is 0.125. The highest BCUT2D eigenvalue weighted by Crippen LogP contribution is 2.16. The van der Waals surface area contributed by atoms with Gasteiger partial charge >= 0.3 is 0 Å². The van der Waals surface area contributed by atoms with Crippen molar-refractivity contribution in [2.45, 2.75) is 13.8 Å². The van der Waals surface area contributed by atoms with Crippen molar-refractivity contribution in [1.82, 2.24) is 0 Å². The Balaban J connectivity index is 4.00. The Morgan fingerprint density at radius 1 is 1.60 bits per heavy atom. The molecule has 0 aromatic heterocycles. The molecule has 58 valence electrons. The van der Waals surface area contributed by atoms with Crippen molar-refractivity contribution in [2.75, 3.05) is 6.26 Å². The van der Waals surface area contributed by atoms with E-state index in [4.69, 9.17) is 11.6 Å². The SMILES string of the molecule is CS/C(Cl)=C\C(=O)C(C)C. The predicted molar refractivity (Wildman–Crippen MR) is 47.3 cm³/mol. The minimum Gasteiger partial charge on any atom is -0.294 e. The van der Waals surface area contributed by atoms with Crippen LogP contribution in [0.4, 0.5) is 0 Å². The van der Waals surface area contributed by atoms with Gasteiger partial charge in [-0.2, -0.15) is 0 Å². The third kappa shape index (κ3) is 3.96. The molecule has 0 N–H and O–H groups in total. The average Bonchev–Trinajstić information content (AvgIpc) is 1.87. The van der Waals surface area contributed by atoms with Gasteiger partial charge in [-0.25, -0.2) is 0 Å². The summed E-state index contributed by atoms with van der Waals surface area (Å²) in [7, 11) is 0. The van der Waals surface area contributed by atoms with E-state index in [0.717, 1.165) is 0 Å². The van der Waals surface area contributed by atoms with Gasteiger partial charge < -0.3 is 0 Å². The molecule has 0 amide bonds. The van der Waals surface area contributed by atoms with Crippen LogP contribution in [0.1, 0.15) is 13.8 Å². The van der Waals surface area contributed by atoms with E-state index in [2.05, 4.69) is 0 Å². The molecular formula is C7H11ClOS. The lowest BCUT2D eigenvalue weighted by Gasteiger charge is -1.97. The summed E-state index contributed by atoms with van der Waals surface area (Å²) >= 11 is 6.98. The first kappa shape index (κ1) is 10.0. The number of thioether (sulfide) groups is 1. The summed E-state index contributed by atoms with van der Waals surface area (Å²) in [4.78, 5) is 10.9. The maximum Gasteiger partial charge on any atom is 0.160 e. The lowest BCUT2D eigenvalue weighted by Crippen LogP contribution is -2.02. The van der Waals surface area contributed by atoms with Gasteiger partial charge in [-0.05, 0) is 6.26 Å². The molecule has 0 aliphatic carbocycles. The molecule has 0 unspecified atom stereocenters. The molecule has 0 aliphatic rings. The second-order valence-corrected chi connectivity index (χ2v) is 3.69. The third-order valence-corrected chi connectivity index (χ3v) is 2.10. The molecule has 0 bridgehead atoms. The molecule has 0 fully saturated rings. The molecule has 0 radical (unpaired) electrons. The van der Waals surface area contributed by atoms with Crippen molar-refractivity contribution in [3.8, 4) is 0 Å². The highest BCUT2D eigenvalue weighted by Gasteiger charge is 2.03. The quantitative estimate of drug-likeness (QED) is 0.619. The maximum atomic E-state index is 10.9. The zero-order valence-corrected chi connectivity index (χ0v) is 7.92. The lowest BCUT2D eigenvalue weighted by molar-refractivity contribution is -0.117. The largest absolute Gasteiger partial charge is 0.294 e. The minimum atomic E-state index is 0.0425. The minimum absolute atomic E-state index is 0.0425. The number of rotatable bonds is 3. The number of allylic oxidation sites excluding steroid dienone is 1. The Bertz CT molecular complexity index is 152. The topological polar surface area (TPSA) is 17.1 Å². The van der Waals surface area contributed by atoms with Crippen molar-refractivity contribution < 1.29 is 4.79 Å². The van der Waals surface area contributed by atoms with Crippen molar-refractivity contribution in [3.05, 3.63) is 10.4 Å². The van der Waals surface area contributed by atoms with E-state index < -0.39 is 0 Å². The zero-order chi connectivity index (χ0) is 8.15. The zero-order valence-electron chi connectivity index (χ0n) is 6.35. The van der Waals surface area contributed by atoms with Gasteiger partial charge in [-0.15, -0.1) is 11.8 Å². The number of halogens is 1. The van der Waals surface area contributed by atoms with Gasteiger partial charge in [0.2, 0.25) is 0 Å². The highest BCUT2D eigenvalue weighted by atomic mass is 35.5. The van der Waals surface area contributed by atoms with Crippen LogP contribution in [-0.4, -0.2) is 12.0 Å². The Morgan fingerprint density at radius 2 is 2.10 bits per heavy atom. The number of hydrogen-bond donors (Lipinski definition) is 0. The molecule has 0 rings (SSSR count). The molecule has 0 saturated heterocycles. The maximum absolute atomic E-state index is 10.9. The van der Waals surface area contributed by atoms with Gasteiger partial charge in [0.15, 0.2) is 5.78 Å². The summed E-state index contributed by atoms with van der Waals surface area (Å²) in [5, 5.41) is 0. The van der Waals surface area contributed by atoms with Gasteiger partial charge in [0, 0.05) is 12.0 Å². The van der Waals surface area contributed by atoms with Crippen molar-refractivity contribution >= 4 is 29.1 Å². The van der Waals surface area contributed by atoms with Crippen molar-refractivity contribution in [2.24, 2.45) is 5.92 Å². The Kier molecular flexibility index (Phi) is 4.83. The molecule has 0 aliphatic heterocycles. The molecule has 0 aromatic carbocycles. The number of carbonyl (C=O) groups excluding carboxylic acids is 1. The molecule has 1 nitrogen and oxygen atoms in total. The monoisotopic (exact) mass is 178 g/mol. The van der Waals surface area contributed by atoms with Crippen LogP contribution in [-0.2, 0) is 4.79 Å². The summed E-state index contributed by atoms with van der Waals surface area (Å²) in [6.45, 7) is 3.70. The summed E-state index contributed by atoms with van der Waals surface area (Å²) in [5.41, 5.74) is 0. The second-order valence-electron chi connectivity index (χ2n) is 2.21. The molecule has 0 heterocycles. The van der Waals surface area contributed by atoms with Gasteiger partial charge in [-0.3, -0.25) is 4.79 Å². The normalized spacial score (nSPS) is 12.3. The van der Waals surface area contributed by atoms with Gasteiger partial charge in [-0.1, -0.05) is 25.4 Å². The van der Waals surface area contributed by atoms with E-state index in [1.54, 1.807) is 0 Å². The van der Waals surface area contributed by atoms with E-state index in [9.17, 15) is 4.79 Å². The van der Waals surface area contributed by atoms with Gasteiger partial charge in [0.1, 0.15) is 0 Å². The van der Waals surface area contributed by atoms with E-state index in [1.165, 1.54) is 17.8 Å². The van der Waals surface area contributed by atoms with Gasteiger partial charge in [0.05, 0.1) is 4.36 Å². The predicted octanol–water partition coefficient (Wildman–Crippen LogP) is 2.65. The number of ketones is 1.